The van der Waals surface area contributed by atoms with Crippen LogP contribution in [-0.2, 0) is 0 Å². The largest absolute Gasteiger partial charge is 0.309 e. The van der Waals surface area contributed by atoms with Crippen molar-refractivity contribution in [1.29, 1.82) is 0 Å². The molecule has 10 aromatic rings. The van der Waals surface area contributed by atoms with Crippen molar-refractivity contribution in [2.45, 2.75) is 0 Å². The van der Waals surface area contributed by atoms with Crippen LogP contribution in [0.4, 0.5) is 17.1 Å². The third-order valence-corrected chi connectivity index (χ3v) is 10.5. The van der Waals surface area contributed by atoms with Gasteiger partial charge >= 0.3 is 0 Å². The Bertz CT molecular complexity index is 2850. The van der Waals surface area contributed by atoms with E-state index in [0.717, 1.165) is 28.3 Å². The number of nitrogens with zero attached hydrogens (tertiary/aromatic N) is 2. The lowest BCUT2D eigenvalue weighted by atomic mass is 9.94. The number of anilines is 3. The van der Waals surface area contributed by atoms with Gasteiger partial charge in [-0.15, -0.1) is 0 Å². The molecule has 0 radical (unpaired) electrons. The van der Waals surface area contributed by atoms with Crippen LogP contribution in [0, 0.1) is 0 Å². The lowest BCUT2D eigenvalue weighted by Gasteiger charge is -2.29. The number of fused-ring (bicyclic) bond motifs is 4. The standard InChI is InChI=1S/C52H36N2/c1-5-18-37(19-6-1)40-34-41(38-20-7-2-8-21-38)36-43(35-40)54(49-33-32-44(39-22-9-3-10-23-39)45-26-13-14-27-46(45)49)51-31-17-30-50-52(51)47-28-15-16-29-48(47)53(50)42-24-11-4-12-25-42/h1-36H. The fourth-order valence-electron chi connectivity index (χ4n) is 8.13. The molecule has 2 nitrogen and oxygen atoms in total. The summed E-state index contributed by atoms with van der Waals surface area (Å²) in [5, 5.41) is 4.82. The van der Waals surface area contributed by atoms with Gasteiger partial charge in [-0.1, -0.05) is 164 Å². The monoisotopic (exact) mass is 688 g/mol. The van der Waals surface area contributed by atoms with Gasteiger partial charge in [-0.25, -0.2) is 0 Å². The van der Waals surface area contributed by atoms with E-state index in [-0.39, 0.29) is 0 Å². The summed E-state index contributed by atoms with van der Waals surface area (Å²) in [5.41, 5.74) is 13.9. The average molecular weight is 689 g/mol. The third kappa shape index (κ3) is 5.44. The molecule has 2 heteroatoms. The molecule has 1 aromatic heterocycles. The summed E-state index contributed by atoms with van der Waals surface area (Å²) in [4.78, 5) is 2.50. The molecule has 0 atom stereocenters. The zero-order chi connectivity index (χ0) is 35.8. The fourth-order valence-corrected chi connectivity index (χ4v) is 8.13. The van der Waals surface area contributed by atoms with Crippen LogP contribution in [-0.4, -0.2) is 4.57 Å². The van der Waals surface area contributed by atoms with E-state index in [9.17, 15) is 0 Å². The number of aromatic nitrogens is 1. The van der Waals surface area contributed by atoms with Crippen LogP contribution in [0.5, 0.6) is 0 Å². The highest BCUT2D eigenvalue weighted by Gasteiger charge is 2.24. The van der Waals surface area contributed by atoms with E-state index in [0.29, 0.717) is 0 Å². The maximum atomic E-state index is 2.50. The van der Waals surface area contributed by atoms with Crippen molar-refractivity contribution in [2.24, 2.45) is 0 Å². The number of benzene rings is 9. The first kappa shape index (κ1) is 31.6. The van der Waals surface area contributed by atoms with E-state index >= 15 is 0 Å². The fraction of sp³-hybridized carbons (Fsp3) is 0. The molecule has 0 unspecified atom stereocenters. The summed E-state index contributed by atoms with van der Waals surface area (Å²) in [6.45, 7) is 0. The number of hydrogen-bond acceptors (Lipinski definition) is 1. The molecule has 1 heterocycles. The van der Waals surface area contributed by atoms with Gasteiger partial charge in [-0.3, -0.25) is 0 Å². The van der Waals surface area contributed by atoms with Gasteiger partial charge in [0.1, 0.15) is 0 Å². The number of para-hydroxylation sites is 2. The molecule has 10 rings (SSSR count). The van der Waals surface area contributed by atoms with Gasteiger partial charge in [0.2, 0.25) is 0 Å². The maximum absolute atomic E-state index is 2.50. The normalized spacial score (nSPS) is 11.3. The molecular weight excluding hydrogens is 653 g/mol. The van der Waals surface area contributed by atoms with E-state index < -0.39 is 0 Å². The van der Waals surface area contributed by atoms with E-state index in [4.69, 9.17) is 0 Å². The van der Waals surface area contributed by atoms with E-state index in [1.807, 2.05) is 0 Å². The van der Waals surface area contributed by atoms with Gasteiger partial charge < -0.3 is 9.47 Å². The van der Waals surface area contributed by atoms with Crippen molar-refractivity contribution < 1.29 is 0 Å². The van der Waals surface area contributed by atoms with Crippen molar-refractivity contribution >= 4 is 49.6 Å². The molecule has 0 aliphatic carbocycles. The van der Waals surface area contributed by atoms with Gasteiger partial charge in [0, 0.05) is 27.5 Å². The topological polar surface area (TPSA) is 8.17 Å². The van der Waals surface area contributed by atoms with Crippen molar-refractivity contribution in [1.82, 2.24) is 4.57 Å². The molecule has 0 spiro atoms. The summed E-state index contributed by atoms with van der Waals surface area (Å²) < 4.78 is 2.40. The summed E-state index contributed by atoms with van der Waals surface area (Å²) in [7, 11) is 0. The quantitative estimate of drug-likeness (QED) is 0.162. The molecule has 0 amide bonds. The van der Waals surface area contributed by atoms with E-state index in [2.05, 4.69) is 228 Å². The third-order valence-electron chi connectivity index (χ3n) is 10.5. The highest BCUT2D eigenvalue weighted by molar-refractivity contribution is 6.18. The molecule has 0 aliphatic heterocycles. The minimum atomic E-state index is 1.09. The second-order valence-corrected chi connectivity index (χ2v) is 13.7. The van der Waals surface area contributed by atoms with Crippen LogP contribution in [0.3, 0.4) is 0 Å². The molecule has 9 aromatic carbocycles. The van der Waals surface area contributed by atoms with Crippen molar-refractivity contribution in [3.63, 3.8) is 0 Å². The summed E-state index contributed by atoms with van der Waals surface area (Å²) in [6.07, 6.45) is 0. The Morgan fingerprint density at radius 2 is 0.833 bits per heavy atom. The Kier molecular flexibility index (Phi) is 7.85. The maximum Gasteiger partial charge on any atom is 0.0562 e. The Morgan fingerprint density at radius 3 is 1.48 bits per heavy atom. The minimum absolute atomic E-state index is 1.09. The molecule has 0 saturated heterocycles. The Hall–Kier alpha value is -7.16. The first-order valence-corrected chi connectivity index (χ1v) is 18.5. The molecule has 0 aliphatic rings. The van der Waals surface area contributed by atoms with Gasteiger partial charge in [0.15, 0.2) is 0 Å². The molecule has 0 saturated carbocycles. The van der Waals surface area contributed by atoms with Crippen LogP contribution >= 0.6 is 0 Å². The number of hydrogen-bond donors (Lipinski definition) is 0. The second kappa shape index (κ2) is 13.4. The Balaban J connectivity index is 1.32. The van der Waals surface area contributed by atoms with Crippen molar-refractivity contribution in [2.75, 3.05) is 4.90 Å². The number of rotatable bonds is 7. The average Bonchev–Trinajstić information content (AvgIpc) is 3.60. The van der Waals surface area contributed by atoms with E-state index in [1.165, 1.54) is 60.4 Å². The second-order valence-electron chi connectivity index (χ2n) is 13.7. The zero-order valence-electron chi connectivity index (χ0n) is 29.7. The molecule has 0 fully saturated rings. The summed E-state index contributed by atoms with van der Waals surface area (Å²) >= 11 is 0. The zero-order valence-corrected chi connectivity index (χ0v) is 29.7. The minimum Gasteiger partial charge on any atom is -0.309 e. The van der Waals surface area contributed by atoms with Gasteiger partial charge in [0.25, 0.3) is 0 Å². The van der Waals surface area contributed by atoms with Gasteiger partial charge in [-0.05, 0) is 93.4 Å². The summed E-state index contributed by atoms with van der Waals surface area (Å²) in [6, 6.07) is 79.0. The molecule has 254 valence electrons. The van der Waals surface area contributed by atoms with Crippen LogP contribution in [0.2, 0.25) is 0 Å². The molecule has 54 heavy (non-hydrogen) atoms. The smallest absolute Gasteiger partial charge is 0.0562 e. The Labute approximate surface area is 315 Å². The van der Waals surface area contributed by atoms with Crippen LogP contribution < -0.4 is 4.90 Å². The van der Waals surface area contributed by atoms with Crippen LogP contribution in [0.25, 0.3) is 71.6 Å². The molecular formula is C52H36N2. The Morgan fingerprint density at radius 1 is 0.315 bits per heavy atom. The predicted octanol–water partition coefficient (Wildman–Crippen LogP) is 14.4. The molecule has 0 N–H and O–H groups in total. The van der Waals surface area contributed by atoms with Crippen molar-refractivity contribution in [3.8, 4) is 39.1 Å². The lowest BCUT2D eigenvalue weighted by molar-refractivity contribution is 1.18. The van der Waals surface area contributed by atoms with Crippen molar-refractivity contribution in [3.05, 3.63) is 218 Å². The highest BCUT2D eigenvalue weighted by atomic mass is 15.1. The lowest BCUT2D eigenvalue weighted by Crippen LogP contribution is -2.11. The first-order chi connectivity index (χ1) is 26.8. The van der Waals surface area contributed by atoms with Gasteiger partial charge in [-0.2, -0.15) is 0 Å². The molecule has 0 bridgehead atoms. The SMILES string of the molecule is c1ccc(-c2cc(-c3ccccc3)cc(N(c3ccc(-c4ccccc4)c4ccccc34)c3cccc4c3c3ccccc3n4-c3ccccc3)c2)cc1. The highest BCUT2D eigenvalue weighted by Crippen LogP contribution is 2.48. The predicted molar refractivity (Wildman–Crippen MR) is 229 cm³/mol. The van der Waals surface area contributed by atoms with Crippen LogP contribution in [0.1, 0.15) is 0 Å². The van der Waals surface area contributed by atoms with E-state index in [1.54, 1.807) is 0 Å². The first-order valence-electron chi connectivity index (χ1n) is 18.5. The van der Waals surface area contributed by atoms with Crippen LogP contribution in [0.15, 0.2) is 218 Å². The summed E-state index contributed by atoms with van der Waals surface area (Å²) in [5.74, 6) is 0. The van der Waals surface area contributed by atoms with Gasteiger partial charge in [0.05, 0.1) is 22.4 Å².